The van der Waals surface area contributed by atoms with Crippen molar-refractivity contribution in [2.45, 2.75) is 25.0 Å². The van der Waals surface area contributed by atoms with Gasteiger partial charge in [-0.05, 0) is 19.1 Å². The van der Waals surface area contributed by atoms with Crippen LogP contribution in [0.4, 0.5) is 26.3 Å². The molecule has 1 N–H and O–H groups in total. The van der Waals surface area contributed by atoms with E-state index in [1.165, 1.54) is 6.07 Å². The van der Waals surface area contributed by atoms with Gasteiger partial charge >= 0.3 is 15.6 Å². The molecule has 0 radical (unpaired) electrons. The molecular formula is C19H14F6N4O3S2. The third-order valence-electron chi connectivity index (χ3n) is 4.87. The van der Waals surface area contributed by atoms with E-state index in [9.17, 15) is 34.8 Å². The van der Waals surface area contributed by atoms with E-state index >= 15 is 0 Å². The number of halogens is 6. The first-order chi connectivity index (χ1) is 15.9. The molecule has 182 valence electrons. The topological polar surface area (TPSA) is 86.1 Å². The third-order valence-corrected chi connectivity index (χ3v) is 6.76. The number of nitrogens with one attached hydrogen (secondary N) is 1. The summed E-state index contributed by atoms with van der Waals surface area (Å²) in [6, 6.07) is 1.36. The Morgan fingerprint density at radius 2 is 2.12 bits per heavy atom. The van der Waals surface area contributed by atoms with Crippen LogP contribution in [0.15, 0.2) is 29.7 Å². The third kappa shape index (κ3) is 4.30. The van der Waals surface area contributed by atoms with E-state index in [0.717, 1.165) is 11.5 Å². The van der Waals surface area contributed by atoms with E-state index in [2.05, 4.69) is 19.6 Å². The van der Waals surface area contributed by atoms with Crippen LogP contribution in [-0.4, -0.2) is 35.2 Å². The number of hydrogen-bond acceptors (Lipinski definition) is 7. The molecule has 0 aliphatic carbocycles. The first-order valence-electron chi connectivity index (χ1n) is 9.48. The summed E-state index contributed by atoms with van der Waals surface area (Å²) in [4.78, 5) is 3.88. The molecule has 0 bridgehead atoms. The number of thiophene rings is 1. The monoisotopic (exact) mass is 524 g/mol. The van der Waals surface area contributed by atoms with Crippen LogP contribution >= 0.6 is 11.3 Å². The number of aromatic nitrogens is 3. The van der Waals surface area contributed by atoms with E-state index < -0.39 is 43.2 Å². The Kier molecular flexibility index (Phi) is 6.20. The van der Waals surface area contributed by atoms with Crippen LogP contribution in [0.25, 0.3) is 27.6 Å². The molecule has 3 aromatic heterocycles. The summed E-state index contributed by atoms with van der Waals surface area (Å²) in [7, 11) is -6.15. The summed E-state index contributed by atoms with van der Waals surface area (Å²) in [5.41, 5.74) is -5.77. The molecular weight excluding hydrogens is 510 g/mol. The number of allylic oxidation sites excluding steroid dienone is 2. The maximum absolute atomic E-state index is 14.8. The molecule has 0 saturated carbocycles. The fraction of sp³-hybridized carbons (Fsp3) is 0.263. The molecule has 0 fully saturated rings. The Labute approximate surface area is 192 Å². The van der Waals surface area contributed by atoms with Crippen molar-refractivity contribution >= 4 is 37.6 Å². The summed E-state index contributed by atoms with van der Waals surface area (Å²) < 4.78 is 109. The minimum atomic E-state index is -6.15. The molecule has 7 nitrogen and oxygen atoms in total. The van der Waals surface area contributed by atoms with Gasteiger partial charge in [0.1, 0.15) is 27.7 Å². The number of fused-ring (bicyclic) bond motifs is 2. The predicted molar refractivity (Wildman–Crippen MR) is 112 cm³/mol. The standard InChI is InChI=1S/C19H14F6N4O3S2/c1-9-6-26-7-11-5-14(28-29(9)11)16-12(4-10(21)2-3-20)15-13(22)8-33-17(15)18(27-16)32-34(30,31)19(23,24)25/h2-5,8-9,26H,6-7H2,1H3/b3-2+,10-4?. The highest BCUT2D eigenvalue weighted by molar-refractivity contribution is 7.88. The zero-order valence-electron chi connectivity index (χ0n) is 17.0. The number of rotatable bonds is 5. The van der Waals surface area contributed by atoms with Gasteiger partial charge in [-0.25, -0.2) is 18.2 Å². The maximum atomic E-state index is 14.8. The van der Waals surface area contributed by atoms with Crippen molar-refractivity contribution in [3.05, 3.63) is 46.8 Å². The molecule has 0 saturated heterocycles. The second kappa shape index (κ2) is 8.70. The van der Waals surface area contributed by atoms with Crippen molar-refractivity contribution in [3.8, 4) is 17.3 Å². The van der Waals surface area contributed by atoms with Gasteiger partial charge in [-0.3, -0.25) is 4.68 Å². The van der Waals surface area contributed by atoms with Crippen molar-refractivity contribution < 1.29 is 38.9 Å². The number of nitrogens with zero attached hydrogens (tertiary/aromatic N) is 3. The normalized spacial score (nSPS) is 17.5. The number of alkyl halides is 3. The quantitative estimate of drug-likeness (QED) is 0.219. The summed E-state index contributed by atoms with van der Waals surface area (Å²) in [5.74, 6) is -3.21. The lowest BCUT2D eigenvalue weighted by Crippen LogP contribution is -2.31. The van der Waals surface area contributed by atoms with Gasteiger partial charge in [0.15, 0.2) is 0 Å². The molecule has 3 aromatic rings. The number of hydrogen-bond donors (Lipinski definition) is 1. The summed E-state index contributed by atoms with van der Waals surface area (Å²) in [6.07, 6.45) is 1.05. The van der Waals surface area contributed by atoms with Gasteiger partial charge in [0.05, 0.1) is 18.1 Å². The molecule has 0 amide bonds. The molecule has 4 heterocycles. The van der Waals surface area contributed by atoms with Crippen LogP contribution in [0, 0.1) is 5.82 Å². The van der Waals surface area contributed by atoms with Crippen molar-refractivity contribution in [2.24, 2.45) is 0 Å². The predicted octanol–water partition coefficient (Wildman–Crippen LogP) is 4.99. The average molecular weight is 524 g/mol. The summed E-state index contributed by atoms with van der Waals surface area (Å²) in [5, 5.41) is 7.88. The van der Waals surface area contributed by atoms with E-state index in [0.29, 0.717) is 36.2 Å². The van der Waals surface area contributed by atoms with Crippen LogP contribution in [0.2, 0.25) is 0 Å². The van der Waals surface area contributed by atoms with Gasteiger partial charge in [0, 0.05) is 35.5 Å². The first-order valence-corrected chi connectivity index (χ1v) is 11.8. The fourth-order valence-corrected chi connectivity index (χ4v) is 4.75. The molecule has 15 heteroatoms. The van der Waals surface area contributed by atoms with Crippen LogP contribution in [0.5, 0.6) is 5.88 Å². The van der Waals surface area contributed by atoms with Crippen LogP contribution in [-0.2, 0) is 16.7 Å². The maximum Gasteiger partial charge on any atom is 0.534 e. The average Bonchev–Trinajstić information content (AvgIpc) is 3.34. The van der Waals surface area contributed by atoms with Gasteiger partial charge in [-0.2, -0.15) is 26.7 Å². The Morgan fingerprint density at radius 1 is 1.38 bits per heavy atom. The minimum absolute atomic E-state index is 0.00409. The Bertz CT molecular complexity index is 1430. The molecule has 4 rings (SSSR count). The van der Waals surface area contributed by atoms with Crippen LogP contribution < -0.4 is 9.50 Å². The Balaban J connectivity index is 2.03. The van der Waals surface area contributed by atoms with Crippen molar-refractivity contribution in [2.75, 3.05) is 6.54 Å². The summed E-state index contributed by atoms with van der Waals surface area (Å²) >= 11 is 0.504. The minimum Gasteiger partial charge on any atom is -0.354 e. The highest BCUT2D eigenvalue weighted by Gasteiger charge is 2.49. The van der Waals surface area contributed by atoms with E-state index in [-0.39, 0.29) is 29.3 Å². The lowest BCUT2D eigenvalue weighted by molar-refractivity contribution is -0.0500. The van der Waals surface area contributed by atoms with Gasteiger partial charge < -0.3 is 9.50 Å². The van der Waals surface area contributed by atoms with E-state index in [1.807, 2.05) is 6.92 Å². The lowest BCUT2D eigenvalue weighted by atomic mass is 10.1. The highest BCUT2D eigenvalue weighted by Crippen LogP contribution is 2.42. The molecule has 1 unspecified atom stereocenters. The largest absolute Gasteiger partial charge is 0.534 e. The van der Waals surface area contributed by atoms with Crippen LogP contribution in [0.3, 0.4) is 0 Å². The van der Waals surface area contributed by atoms with Gasteiger partial charge in [-0.1, -0.05) is 0 Å². The highest BCUT2D eigenvalue weighted by atomic mass is 32.2. The molecule has 0 aromatic carbocycles. The second-order valence-corrected chi connectivity index (χ2v) is 9.63. The Hall–Kier alpha value is -2.91. The number of pyridine rings is 1. The smallest absolute Gasteiger partial charge is 0.354 e. The first kappa shape index (κ1) is 24.2. The second-order valence-electron chi connectivity index (χ2n) is 7.22. The SMILES string of the molecule is CC1CNCc2cc(-c3nc(OS(=O)(=O)C(F)(F)F)c4scc(F)c4c3C=C(F)/C=C/F)nn21. The van der Waals surface area contributed by atoms with Crippen molar-refractivity contribution in [1.82, 2.24) is 20.1 Å². The fourth-order valence-electron chi connectivity index (χ4n) is 3.42. The van der Waals surface area contributed by atoms with Crippen LogP contribution in [0.1, 0.15) is 24.2 Å². The molecule has 1 aliphatic rings. The van der Waals surface area contributed by atoms with Gasteiger partial charge in [-0.15, -0.1) is 11.3 Å². The van der Waals surface area contributed by atoms with Crippen molar-refractivity contribution in [1.29, 1.82) is 0 Å². The zero-order chi connectivity index (χ0) is 24.8. The zero-order valence-corrected chi connectivity index (χ0v) is 18.7. The molecule has 1 atom stereocenters. The molecule has 1 aliphatic heterocycles. The van der Waals surface area contributed by atoms with Gasteiger partial charge in [0.2, 0.25) is 0 Å². The van der Waals surface area contributed by atoms with E-state index in [4.69, 9.17) is 0 Å². The molecule has 0 spiro atoms. The lowest BCUT2D eigenvalue weighted by Gasteiger charge is -2.21. The van der Waals surface area contributed by atoms with E-state index in [1.54, 1.807) is 4.68 Å². The van der Waals surface area contributed by atoms with Gasteiger partial charge in [0.25, 0.3) is 5.88 Å². The Morgan fingerprint density at radius 3 is 2.76 bits per heavy atom. The molecule has 34 heavy (non-hydrogen) atoms. The van der Waals surface area contributed by atoms with Crippen molar-refractivity contribution in [3.63, 3.8) is 0 Å². The summed E-state index contributed by atoms with van der Waals surface area (Å²) in [6.45, 7) is 2.77.